The first-order valence-electron chi connectivity index (χ1n) is 6.05. The molecule has 0 aromatic carbocycles. The average Bonchev–Trinajstić information content (AvgIpc) is 2.16. The lowest BCUT2D eigenvalue weighted by Crippen LogP contribution is -2.49. The van der Waals surface area contributed by atoms with Gasteiger partial charge in [0.1, 0.15) is 0 Å². The molecule has 2 rings (SSSR count). The molecule has 2 aliphatic rings. The van der Waals surface area contributed by atoms with Crippen LogP contribution in [-0.2, 0) is 0 Å². The standard InChI is InChI=1S/C12H23N/c1-3-11-7-6-10-5-4-9(2)8-12(10)13-11/h9-13H,3-8H2,1-2H3. The third kappa shape index (κ3) is 2.07. The highest BCUT2D eigenvalue weighted by Crippen LogP contribution is 2.35. The second-order valence-corrected chi connectivity index (χ2v) is 5.13. The molecule has 13 heavy (non-hydrogen) atoms. The van der Waals surface area contributed by atoms with Crippen molar-refractivity contribution >= 4 is 0 Å². The molecule has 1 saturated heterocycles. The molecule has 0 spiro atoms. The number of nitrogens with one attached hydrogen (secondary N) is 1. The van der Waals surface area contributed by atoms with Gasteiger partial charge < -0.3 is 5.32 Å². The minimum absolute atomic E-state index is 0.826. The summed E-state index contributed by atoms with van der Waals surface area (Å²) in [5, 5.41) is 3.84. The Balaban J connectivity index is 1.91. The fourth-order valence-electron chi connectivity index (χ4n) is 3.12. The van der Waals surface area contributed by atoms with Crippen molar-refractivity contribution in [2.75, 3.05) is 0 Å². The van der Waals surface area contributed by atoms with Gasteiger partial charge in [-0.1, -0.05) is 20.3 Å². The largest absolute Gasteiger partial charge is 0.311 e. The molecule has 4 unspecified atom stereocenters. The Hall–Kier alpha value is -0.0400. The molecule has 1 aliphatic heterocycles. The summed E-state index contributed by atoms with van der Waals surface area (Å²) < 4.78 is 0. The highest BCUT2D eigenvalue weighted by atomic mass is 15.0. The Morgan fingerprint density at radius 2 is 1.92 bits per heavy atom. The van der Waals surface area contributed by atoms with Crippen LogP contribution in [0.5, 0.6) is 0 Å². The van der Waals surface area contributed by atoms with Gasteiger partial charge in [0.05, 0.1) is 0 Å². The van der Waals surface area contributed by atoms with Crippen molar-refractivity contribution in [3.05, 3.63) is 0 Å². The van der Waals surface area contributed by atoms with Gasteiger partial charge in [-0.2, -0.15) is 0 Å². The molecule has 76 valence electrons. The molecule has 1 aliphatic carbocycles. The predicted octanol–water partition coefficient (Wildman–Crippen LogP) is 2.95. The first-order chi connectivity index (χ1) is 6.29. The zero-order valence-electron chi connectivity index (χ0n) is 9.05. The van der Waals surface area contributed by atoms with Crippen LogP contribution in [-0.4, -0.2) is 12.1 Å². The Morgan fingerprint density at radius 3 is 2.69 bits per heavy atom. The van der Waals surface area contributed by atoms with E-state index in [1.165, 1.54) is 38.5 Å². The maximum Gasteiger partial charge on any atom is 0.0100 e. The minimum atomic E-state index is 0.826. The van der Waals surface area contributed by atoms with Gasteiger partial charge in [-0.05, 0) is 43.9 Å². The van der Waals surface area contributed by atoms with E-state index in [0.29, 0.717) is 0 Å². The van der Waals surface area contributed by atoms with Gasteiger partial charge in [0, 0.05) is 12.1 Å². The lowest BCUT2D eigenvalue weighted by molar-refractivity contribution is 0.145. The molecular formula is C12H23N. The van der Waals surface area contributed by atoms with Gasteiger partial charge in [0.25, 0.3) is 0 Å². The van der Waals surface area contributed by atoms with E-state index < -0.39 is 0 Å². The molecule has 1 heterocycles. The van der Waals surface area contributed by atoms with E-state index in [9.17, 15) is 0 Å². The fraction of sp³-hybridized carbons (Fsp3) is 1.00. The van der Waals surface area contributed by atoms with E-state index in [2.05, 4.69) is 19.2 Å². The van der Waals surface area contributed by atoms with Gasteiger partial charge in [-0.15, -0.1) is 0 Å². The van der Waals surface area contributed by atoms with Crippen molar-refractivity contribution in [3.8, 4) is 0 Å². The fourth-order valence-corrected chi connectivity index (χ4v) is 3.12. The van der Waals surface area contributed by atoms with E-state index in [1.807, 2.05) is 0 Å². The van der Waals surface area contributed by atoms with Crippen LogP contribution in [0.3, 0.4) is 0 Å². The van der Waals surface area contributed by atoms with Gasteiger partial charge in [-0.25, -0.2) is 0 Å². The first-order valence-corrected chi connectivity index (χ1v) is 6.05. The average molecular weight is 181 g/mol. The molecule has 1 saturated carbocycles. The first kappa shape index (κ1) is 9.51. The van der Waals surface area contributed by atoms with Gasteiger partial charge in [-0.3, -0.25) is 0 Å². The Kier molecular flexibility index (Phi) is 2.92. The number of hydrogen-bond acceptors (Lipinski definition) is 1. The molecule has 1 heteroatoms. The highest BCUT2D eigenvalue weighted by molar-refractivity contribution is 4.90. The van der Waals surface area contributed by atoms with Crippen molar-refractivity contribution in [1.82, 2.24) is 5.32 Å². The Morgan fingerprint density at radius 1 is 1.15 bits per heavy atom. The summed E-state index contributed by atoms with van der Waals surface area (Å²) in [4.78, 5) is 0. The lowest BCUT2D eigenvalue weighted by atomic mass is 9.74. The molecule has 4 atom stereocenters. The van der Waals surface area contributed by atoms with E-state index in [-0.39, 0.29) is 0 Å². The molecular weight excluding hydrogens is 158 g/mol. The third-order valence-electron chi connectivity index (χ3n) is 4.08. The van der Waals surface area contributed by atoms with E-state index in [4.69, 9.17) is 0 Å². The summed E-state index contributed by atoms with van der Waals surface area (Å²) in [6, 6.07) is 1.69. The van der Waals surface area contributed by atoms with Crippen LogP contribution in [0.15, 0.2) is 0 Å². The summed E-state index contributed by atoms with van der Waals surface area (Å²) in [5.41, 5.74) is 0. The molecule has 0 aromatic heterocycles. The van der Waals surface area contributed by atoms with Crippen LogP contribution in [0.1, 0.15) is 52.4 Å². The van der Waals surface area contributed by atoms with Crippen LogP contribution in [0, 0.1) is 11.8 Å². The second-order valence-electron chi connectivity index (χ2n) is 5.13. The zero-order valence-corrected chi connectivity index (χ0v) is 9.05. The number of hydrogen-bond donors (Lipinski definition) is 1. The lowest BCUT2D eigenvalue weighted by Gasteiger charge is -2.42. The van der Waals surface area contributed by atoms with Crippen molar-refractivity contribution in [1.29, 1.82) is 0 Å². The van der Waals surface area contributed by atoms with Crippen molar-refractivity contribution in [2.24, 2.45) is 11.8 Å². The number of fused-ring (bicyclic) bond motifs is 1. The van der Waals surface area contributed by atoms with E-state index in [0.717, 1.165) is 23.9 Å². The van der Waals surface area contributed by atoms with Crippen LogP contribution in [0.2, 0.25) is 0 Å². The van der Waals surface area contributed by atoms with Crippen LogP contribution >= 0.6 is 0 Å². The number of piperidine rings is 1. The maximum absolute atomic E-state index is 3.84. The Labute approximate surface area is 82.3 Å². The minimum Gasteiger partial charge on any atom is -0.311 e. The smallest absolute Gasteiger partial charge is 0.0100 e. The predicted molar refractivity (Wildman–Crippen MR) is 56.7 cm³/mol. The van der Waals surface area contributed by atoms with Crippen LogP contribution in [0.4, 0.5) is 0 Å². The monoisotopic (exact) mass is 181 g/mol. The van der Waals surface area contributed by atoms with Crippen molar-refractivity contribution in [2.45, 2.75) is 64.5 Å². The normalized spacial score (nSPS) is 45.7. The maximum atomic E-state index is 3.84. The van der Waals surface area contributed by atoms with Gasteiger partial charge in [0.15, 0.2) is 0 Å². The second kappa shape index (κ2) is 4.00. The quantitative estimate of drug-likeness (QED) is 0.656. The SMILES string of the molecule is CCC1CCC2CCC(C)CC2N1. The summed E-state index contributed by atoms with van der Waals surface area (Å²) in [7, 11) is 0. The third-order valence-corrected chi connectivity index (χ3v) is 4.08. The molecule has 0 bridgehead atoms. The summed E-state index contributed by atoms with van der Waals surface area (Å²) in [5.74, 6) is 1.98. The Bertz CT molecular complexity index is 167. The summed E-state index contributed by atoms with van der Waals surface area (Å²) in [6.07, 6.45) is 8.61. The molecule has 0 amide bonds. The molecule has 2 fully saturated rings. The molecule has 0 aromatic rings. The molecule has 1 nitrogen and oxygen atoms in total. The van der Waals surface area contributed by atoms with Crippen LogP contribution in [0.25, 0.3) is 0 Å². The zero-order chi connectivity index (χ0) is 9.26. The highest BCUT2D eigenvalue weighted by Gasteiger charge is 2.33. The van der Waals surface area contributed by atoms with Gasteiger partial charge >= 0.3 is 0 Å². The van der Waals surface area contributed by atoms with E-state index in [1.54, 1.807) is 0 Å². The molecule has 1 N–H and O–H groups in total. The van der Waals surface area contributed by atoms with Crippen molar-refractivity contribution < 1.29 is 0 Å². The molecule has 0 radical (unpaired) electrons. The van der Waals surface area contributed by atoms with Gasteiger partial charge in [0.2, 0.25) is 0 Å². The summed E-state index contributed by atoms with van der Waals surface area (Å²) >= 11 is 0. The number of rotatable bonds is 1. The van der Waals surface area contributed by atoms with Crippen LogP contribution < -0.4 is 5.32 Å². The topological polar surface area (TPSA) is 12.0 Å². The summed E-state index contributed by atoms with van der Waals surface area (Å²) in [6.45, 7) is 4.72. The van der Waals surface area contributed by atoms with E-state index >= 15 is 0 Å². The van der Waals surface area contributed by atoms with Crippen molar-refractivity contribution in [3.63, 3.8) is 0 Å².